The zero-order valence-electron chi connectivity index (χ0n) is 11.6. The molecule has 1 saturated carbocycles. The van der Waals surface area contributed by atoms with Crippen molar-refractivity contribution in [3.63, 3.8) is 0 Å². The van der Waals surface area contributed by atoms with Crippen LogP contribution in [0.5, 0.6) is 0 Å². The zero-order chi connectivity index (χ0) is 12.9. The molecule has 2 unspecified atom stereocenters. The van der Waals surface area contributed by atoms with Gasteiger partial charge in [0.05, 0.1) is 12.1 Å². The fourth-order valence-corrected chi connectivity index (χ4v) is 1.72. The van der Waals surface area contributed by atoms with E-state index in [2.05, 4.69) is 29.5 Å². The smallest absolute Gasteiger partial charge is 0.191 e. The topological polar surface area (TPSA) is 56.7 Å². The van der Waals surface area contributed by atoms with Crippen LogP contribution in [0.2, 0.25) is 0 Å². The number of guanidine groups is 1. The van der Waals surface area contributed by atoms with E-state index in [9.17, 15) is 5.11 Å². The van der Waals surface area contributed by atoms with Crippen molar-refractivity contribution in [2.45, 2.75) is 58.6 Å². The normalized spacial score (nSPS) is 24.6. The summed E-state index contributed by atoms with van der Waals surface area (Å²) in [5.41, 5.74) is -0.655. The largest absolute Gasteiger partial charge is 0.388 e. The van der Waals surface area contributed by atoms with Crippen LogP contribution in [-0.2, 0) is 0 Å². The van der Waals surface area contributed by atoms with E-state index < -0.39 is 5.60 Å². The Morgan fingerprint density at radius 3 is 2.35 bits per heavy atom. The van der Waals surface area contributed by atoms with Crippen molar-refractivity contribution >= 4 is 5.96 Å². The summed E-state index contributed by atoms with van der Waals surface area (Å²) in [6.07, 6.45) is 2.70. The molecule has 4 nitrogen and oxygen atoms in total. The van der Waals surface area contributed by atoms with E-state index >= 15 is 0 Å². The number of hydrogen-bond donors (Lipinski definition) is 3. The second-order valence-corrected chi connectivity index (χ2v) is 5.09. The third kappa shape index (κ3) is 4.54. The highest BCUT2D eigenvalue weighted by Gasteiger charge is 2.33. The first kappa shape index (κ1) is 14.3. The number of nitrogens with zero attached hydrogens (tertiary/aromatic N) is 1. The molecule has 3 N–H and O–H groups in total. The summed E-state index contributed by atoms with van der Waals surface area (Å²) in [7, 11) is 0. The standard InChI is InChI=1S/C13H27N3O/c1-5-13(17,6-2)9-15-12(14-7-3)16-11-8-10(11)4/h10-11,17H,5-9H2,1-4H3,(H2,14,15,16). The molecule has 0 amide bonds. The third-order valence-electron chi connectivity index (χ3n) is 3.62. The summed E-state index contributed by atoms with van der Waals surface area (Å²) < 4.78 is 0. The van der Waals surface area contributed by atoms with E-state index in [4.69, 9.17) is 0 Å². The molecule has 1 fully saturated rings. The fourth-order valence-electron chi connectivity index (χ4n) is 1.72. The summed E-state index contributed by atoms with van der Waals surface area (Å²) in [6.45, 7) is 9.61. The molecule has 1 aliphatic carbocycles. The third-order valence-corrected chi connectivity index (χ3v) is 3.62. The molecule has 4 heteroatoms. The van der Waals surface area contributed by atoms with Crippen LogP contribution in [0.1, 0.15) is 47.0 Å². The van der Waals surface area contributed by atoms with Crippen molar-refractivity contribution in [3.05, 3.63) is 0 Å². The van der Waals surface area contributed by atoms with E-state index in [1.54, 1.807) is 0 Å². The molecule has 0 aromatic carbocycles. The van der Waals surface area contributed by atoms with Gasteiger partial charge in [-0.3, -0.25) is 4.99 Å². The van der Waals surface area contributed by atoms with Crippen molar-refractivity contribution in [1.82, 2.24) is 10.6 Å². The Morgan fingerprint density at radius 1 is 1.35 bits per heavy atom. The molecule has 0 aromatic heterocycles. The lowest BCUT2D eigenvalue weighted by Crippen LogP contribution is -2.41. The van der Waals surface area contributed by atoms with Crippen LogP contribution in [0.3, 0.4) is 0 Å². The maximum atomic E-state index is 10.2. The molecular formula is C13H27N3O. The first-order valence-corrected chi connectivity index (χ1v) is 6.81. The summed E-state index contributed by atoms with van der Waals surface area (Å²) in [5, 5.41) is 16.8. The van der Waals surface area contributed by atoms with Gasteiger partial charge in [-0.05, 0) is 32.1 Å². The van der Waals surface area contributed by atoms with Gasteiger partial charge in [-0.25, -0.2) is 0 Å². The van der Waals surface area contributed by atoms with Crippen molar-refractivity contribution in [2.24, 2.45) is 10.9 Å². The minimum Gasteiger partial charge on any atom is -0.388 e. The van der Waals surface area contributed by atoms with Crippen molar-refractivity contribution in [1.29, 1.82) is 0 Å². The van der Waals surface area contributed by atoms with Gasteiger partial charge in [0.2, 0.25) is 0 Å². The molecule has 0 bridgehead atoms. The van der Waals surface area contributed by atoms with Crippen LogP contribution >= 0.6 is 0 Å². The van der Waals surface area contributed by atoms with Gasteiger partial charge in [-0.1, -0.05) is 20.8 Å². The van der Waals surface area contributed by atoms with Crippen LogP contribution < -0.4 is 10.6 Å². The Bertz CT molecular complexity index is 261. The van der Waals surface area contributed by atoms with E-state index in [0.29, 0.717) is 12.6 Å². The molecule has 2 atom stereocenters. The van der Waals surface area contributed by atoms with Crippen LogP contribution in [0.15, 0.2) is 4.99 Å². The van der Waals surface area contributed by atoms with E-state index in [-0.39, 0.29) is 0 Å². The highest BCUT2D eigenvalue weighted by Crippen LogP contribution is 2.28. The number of hydrogen-bond acceptors (Lipinski definition) is 2. The van der Waals surface area contributed by atoms with Crippen LogP contribution in [0.4, 0.5) is 0 Å². The van der Waals surface area contributed by atoms with Crippen molar-refractivity contribution in [2.75, 3.05) is 13.1 Å². The Balaban J connectivity index is 2.50. The molecule has 100 valence electrons. The Hall–Kier alpha value is -0.770. The number of rotatable bonds is 6. The Kier molecular flexibility index (Phi) is 5.25. The molecular weight excluding hydrogens is 214 g/mol. The van der Waals surface area contributed by atoms with Gasteiger partial charge in [-0.2, -0.15) is 0 Å². The van der Waals surface area contributed by atoms with Gasteiger partial charge in [0, 0.05) is 12.6 Å². The number of aliphatic hydroxyl groups is 1. The minimum absolute atomic E-state index is 0.469. The van der Waals surface area contributed by atoms with E-state index in [1.165, 1.54) is 6.42 Å². The van der Waals surface area contributed by atoms with Crippen LogP contribution in [0, 0.1) is 5.92 Å². The molecule has 0 spiro atoms. The first-order chi connectivity index (χ1) is 8.04. The van der Waals surface area contributed by atoms with E-state index in [1.807, 2.05) is 13.8 Å². The lowest BCUT2D eigenvalue weighted by Gasteiger charge is -2.23. The van der Waals surface area contributed by atoms with Gasteiger partial charge in [-0.15, -0.1) is 0 Å². The van der Waals surface area contributed by atoms with Gasteiger partial charge < -0.3 is 15.7 Å². The van der Waals surface area contributed by atoms with E-state index in [0.717, 1.165) is 31.3 Å². The van der Waals surface area contributed by atoms with Gasteiger partial charge in [0.15, 0.2) is 5.96 Å². The molecule has 0 radical (unpaired) electrons. The molecule has 0 heterocycles. The summed E-state index contributed by atoms with van der Waals surface area (Å²) in [5.74, 6) is 1.58. The van der Waals surface area contributed by atoms with Crippen LogP contribution in [-0.4, -0.2) is 35.8 Å². The van der Waals surface area contributed by atoms with Crippen molar-refractivity contribution in [3.8, 4) is 0 Å². The zero-order valence-corrected chi connectivity index (χ0v) is 11.6. The predicted octanol–water partition coefficient (Wildman–Crippen LogP) is 1.50. The average Bonchev–Trinajstić information content (AvgIpc) is 3.02. The number of nitrogens with one attached hydrogen (secondary N) is 2. The first-order valence-electron chi connectivity index (χ1n) is 6.81. The molecule has 17 heavy (non-hydrogen) atoms. The summed E-state index contributed by atoms with van der Waals surface area (Å²) in [6, 6.07) is 0.559. The maximum absolute atomic E-state index is 10.2. The van der Waals surface area contributed by atoms with Gasteiger partial charge in [0.25, 0.3) is 0 Å². The summed E-state index contributed by atoms with van der Waals surface area (Å²) >= 11 is 0. The predicted molar refractivity (Wildman–Crippen MR) is 72.2 cm³/mol. The van der Waals surface area contributed by atoms with Crippen LogP contribution in [0.25, 0.3) is 0 Å². The Labute approximate surface area is 105 Å². The number of aliphatic imine (C=N–C) groups is 1. The van der Waals surface area contributed by atoms with Gasteiger partial charge in [0.1, 0.15) is 0 Å². The minimum atomic E-state index is -0.655. The quantitative estimate of drug-likeness (QED) is 0.488. The highest BCUT2D eigenvalue weighted by atomic mass is 16.3. The monoisotopic (exact) mass is 241 g/mol. The molecule has 1 rings (SSSR count). The van der Waals surface area contributed by atoms with Crippen molar-refractivity contribution < 1.29 is 5.11 Å². The lowest BCUT2D eigenvalue weighted by molar-refractivity contribution is 0.0418. The molecule has 1 aliphatic rings. The lowest BCUT2D eigenvalue weighted by atomic mass is 9.98. The molecule has 0 aromatic rings. The molecule has 0 saturated heterocycles. The highest BCUT2D eigenvalue weighted by molar-refractivity contribution is 5.80. The second-order valence-electron chi connectivity index (χ2n) is 5.09. The Morgan fingerprint density at radius 2 is 1.94 bits per heavy atom. The second kappa shape index (κ2) is 6.24. The summed E-state index contributed by atoms with van der Waals surface area (Å²) in [4.78, 5) is 4.49. The fraction of sp³-hybridized carbons (Fsp3) is 0.923. The van der Waals surface area contributed by atoms with Gasteiger partial charge >= 0.3 is 0 Å². The average molecular weight is 241 g/mol. The maximum Gasteiger partial charge on any atom is 0.191 e. The SMILES string of the molecule is CCNC(=NCC(O)(CC)CC)NC1CC1C. The molecule has 0 aliphatic heterocycles.